The van der Waals surface area contributed by atoms with Gasteiger partial charge in [0.05, 0.1) is 17.3 Å². The Morgan fingerprint density at radius 1 is 0.907 bits per heavy atom. The zero-order valence-corrected chi connectivity index (χ0v) is 23.6. The van der Waals surface area contributed by atoms with E-state index in [4.69, 9.17) is 4.74 Å². The Morgan fingerprint density at radius 3 is 2.42 bits per heavy atom. The summed E-state index contributed by atoms with van der Waals surface area (Å²) >= 11 is 0. The number of halogens is 2. The molecular weight excluding hydrogens is 550 g/mol. The van der Waals surface area contributed by atoms with Gasteiger partial charge in [-0.2, -0.15) is 5.10 Å². The number of aryl methyl sites for hydroxylation is 3. The summed E-state index contributed by atoms with van der Waals surface area (Å²) in [5.74, 6) is -1.15. The normalized spacial score (nSPS) is 11.2. The standard InChI is InChI=1S/C34H26F2N4O3/c1-19-12-21(3)40(26-9-7-25(35)8-10-26)34(42)33(19)30(41)14-22-5-11-31(28(36)13-22)43-32-15-24-18-38-39-29(24)16-27(32)23-6-4-20(2)37-17-23/h4-13,15-18H,14H2,1-3H3,(H,38,39). The highest BCUT2D eigenvalue weighted by atomic mass is 19.1. The van der Waals surface area contributed by atoms with E-state index in [1.807, 2.05) is 25.1 Å². The van der Waals surface area contributed by atoms with Crippen molar-refractivity contribution < 1.29 is 18.3 Å². The molecule has 214 valence electrons. The highest BCUT2D eigenvalue weighted by Gasteiger charge is 2.20. The first kappa shape index (κ1) is 27.7. The molecule has 3 aromatic carbocycles. The first-order valence-corrected chi connectivity index (χ1v) is 13.6. The summed E-state index contributed by atoms with van der Waals surface area (Å²) in [5, 5.41) is 7.81. The van der Waals surface area contributed by atoms with Crippen molar-refractivity contribution in [1.29, 1.82) is 0 Å². The number of fused-ring (bicyclic) bond motifs is 1. The van der Waals surface area contributed by atoms with Crippen LogP contribution in [0.25, 0.3) is 27.7 Å². The topological polar surface area (TPSA) is 89.9 Å². The number of aromatic nitrogens is 4. The lowest BCUT2D eigenvalue weighted by atomic mass is 9.99. The SMILES string of the molecule is Cc1ccc(-c2cc3[nH]ncc3cc2Oc2ccc(CC(=O)c3c(C)cc(C)n(-c4ccc(F)cc4)c3=O)cc2F)cn1. The summed E-state index contributed by atoms with van der Waals surface area (Å²) < 4.78 is 36.3. The molecular formula is C34H26F2N4O3. The first-order valence-electron chi connectivity index (χ1n) is 13.6. The Kier molecular flexibility index (Phi) is 7.15. The zero-order valence-electron chi connectivity index (χ0n) is 23.6. The lowest BCUT2D eigenvalue weighted by Crippen LogP contribution is -2.29. The number of nitrogens with zero attached hydrogens (tertiary/aromatic N) is 3. The largest absolute Gasteiger partial charge is 0.454 e. The van der Waals surface area contributed by atoms with Gasteiger partial charge in [0.2, 0.25) is 0 Å². The van der Waals surface area contributed by atoms with Crippen LogP contribution in [0.3, 0.4) is 0 Å². The minimum absolute atomic E-state index is 0.000392. The number of benzene rings is 3. The van der Waals surface area contributed by atoms with E-state index in [0.717, 1.165) is 22.2 Å². The molecule has 0 fully saturated rings. The number of carbonyl (C=O) groups is 1. The molecule has 0 aliphatic carbocycles. The summed E-state index contributed by atoms with van der Waals surface area (Å²) in [7, 11) is 0. The van der Waals surface area contributed by atoms with E-state index >= 15 is 4.39 Å². The number of pyridine rings is 2. The molecule has 0 aliphatic heterocycles. The predicted molar refractivity (Wildman–Crippen MR) is 160 cm³/mol. The minimum atomic E-state index is -0.657. The number of H-pyrrole nitrogens is 1. The van der Waals surface area contributed by atoms with Crippen molar-refractivity contribution in [3.8, 4) is 28.3 Å². The minimum Gasteiger partial charge on any atom is -0.454 e. The van der Waals surface area contributed by atoms with Crippen LogP contribution in [0, 0.1) is 32.4 Å². The monoisotopic (exact) mass is 576 g/mol. The number of aromatic amines is 1. The number of hydrogen-bond donors (Lipinski definition) is 1. The lowest BCUT2D eigenvalue weighted by Gasteiger charge is -2.15. The van der Waals surface area contributed by atoms with Gasteiger partial charge in [-0.3, -0.25) is 24.2 Å². The second-order valence-electron chi connectivity index (χ2n) is 10.4. The molecule has 7 nitrogen and oxygen atoms in total. The van der Waals surface area contributed by atoms with Gasteiger partial charge in [-0.15, -0.1) is 0 Å². The third-order valence-electron chi connectivity index (χ3n) is 7.30. The molecule has 0 unspecified atom stereocenters. The molecule has 0 saturated carbocycles. The molecule has 9 heteroatoms. The van der Waals surface area contributed by atoms with Crippen LogP contribution in [0.1, 0.15) is 32.9 Å². The summed E-state index contributed by atoms with van der Waals surface area (Å²) in [4.78, 5) is 31.2. The Hall–Kier alpha value is -5.44. The summed E-state index contributed by atoms with van der Waals surface area (Å²) in [6, 6.07) is 18.9. The van der Waals surface area contributed by atoms with Gasteiger partial charge in [-0.05, 0) is 92.6 Å². The Labute approximate surface area is 245 Å². The molecule has 0 amide bonds. The van der Waals surface area contributed by atoms with Gasteiger partial charge in [0, 0.05) is 46.2 Å². The van der Waals surface area contributed by atoms with E-state index in [1.165, 1.54) is 41.0 Å². The van der Waals surface area contributed by atoms with Crippen molar-refractivity contribution in [3.05, 3.63) is 135 Å². The molecule has 0 radical (unpaired) electrons. The number of rotatable bonds is 7. The van der Waals surface area contributed by atoms with Crippen molar-refractivity contribution in [2.24, 2.45) is 0 Å². The third kappa shape index (κ3) is 5.44. The highest BCUT2D eigenvalue weighted by molar-refractivity contribution is 5.98. The average Bonchev–Trinajstić information content (AvgIpc) is 3.43. The van der Waals surface area contributed by atoms with Crippen molar-refractivity contribution in [2.75, 3.05) is 0 Å². The van der Waals surface area contributed by atoms with Crippen LogP contribution < -0.4 is 10.3 Å². The van der Waals surface area contributed by atoms with E-state index in [9.17, 15) is 14.0 Å². The fourth-order valence-electron chi connectivity index (χ4n) is 5.18. The Balaban J connectivity index is 1.29. The molecule has 6 rings (SSSR count). The molecule has 1 N–H and O–H groups in total. The number of ether oxygens (including phenoxy) is 1. The van der Waals surface area contributed by atoms with Gasteiger partial charge in [-0.25, -0.2) is 8.78 Å². The molecule has 0 spiro atoms. The third-order valence-corrected chi connectivity index (χ3v) is 7.30. The molecule has 0 bridgehead atoms. The van der Waals surface area contributed by atoms with Gasteiger partial charge in [0.15, 0.2) is 17.3 Å². The molecule has 3 aromatic heterocycles. The average molecular weight is 577 g/mol. The van der Waals surface area contributed by atoms with E-state index in [1.54, 1.807) is 44.4 Å². The van der Waals surface area contributed by atoms with Crippen molar-refractivity contribution >= 4 is 16.7 Å². The van der Waals surface area contributed by atoms with Crippen LogP contribution in [0.4, 0.5) is 8.78 Å². The van der Waals surface area contributed by atoms with Crippen LogP contribution in [-0.4, -0.2) is 25.5 Å². The molecule has 3 heterocycles. The number of hydrogen-bond acceptors (Lipinski definition) is 5. The van der Waals surface area contributed by atoms with Gasteiger partial charge in [0.25, 0.3) is 5.56 Å². The maximum atomic E-state index is 15.4. The summed E-state index contributed by atoms with van der Waals surface area (Å²) in [6.45, 7) is 5.32. The fraction of sp³-hybridized carbons (Fsp3) is 0.118. The second kappa shape index (κ2) is 11.1. The summed E-state index contributed by atoms with van der Waals surface area (Å²) in [5.41, 5.74) is 4.59. The van der Waals surface area contributed by atoms with Crippen LogP contribution in [-0.2, 0) is 6.42 Å². The highest BCUT2D eigenvalue weighted by Crippen LogP contribution is 2.37. The smallest absolute Gasteiger partial charge is 0.266 e. The lowest BCUT2D eigenvalue weighted by molar-refractivity contribution is 0.0990. The van der Waals surface area contributed by atoms with Gasteiger partial charge in [-0.1, -0.05) is 12.1 Å². The van der Waals surface area contributed by atoms with E-state index in [0.29, 0.717) is 33.8 Å². The fourth-order valence-corrected chi connectivity index (χ4v) is 5.18. The van der Waals surface area contributed by atoms with Crippen LogP contribution >= 0.6 is 0 Å². The number of nitrogens with one attached hydrogen (secondary N) is 1. The van der Waals surface area contributed by atoms with Crippen molar-refractivity contribution in [2.45, 2.75) is 27.2 Å². The van der Waals surface area contributed by atoms with Crippen molar-refractivity contribution in [1.82, 2.24) is 19.7 Å². The van der Waals surface area contributed by atoms with Crippen molar-refractivity contribution in [3.63, 3.8) is 0 Å². The molecule has 0 saturated heterocycles. The van der Waals surface area contributed by atoms with E-state index in [-0.39, 0.29) is 17.7 Å². The van der Waals surface area contributed by atoms with Gasteiger partial charge >= 0.3 is 0 Å². The Bertz CT molecular complexity index is 2060. The summed E-state index contributed by atoms with van der Waals surface area (Å²) in [6.07, 6.45) is 3.18. The van der Waals surface area contributed by atoms with Crippen LogP contribution in [0.15, 0.2) is 90.0 Å². The molecule has 0 aliphatic rings. The molecule has 43 heavy (non-hydrogen) atoms. The number of Topliss-reactive ketones (excluding diaryl/α,β-unsaturated/α-hetero) is 1. The van der Waals surface area contributed by atoms with Crippen LogP contribution in [0.5, 0.6) is 11.5 Å². The Morgan fingerprint density at radius 2 is 1.70 bits per heavy atom. The number of ketones is 1. The maximum Gasteiger partial charge on any atom is 0.266 e. The van der Waals surface area contributed by atoms with Crippen LogP contribution in [0.2, 0.25) is 0 Å². The first-order chi connectivity index (χ1) is 20.7. The second-order valence-corrected chi connectivity index (χ2v) is 10.4. The van der Waals surface area contributed by atoms with E-state index < -0.39 is 23.0 Å². The van der Waals surface area contributed by atoms with E-state index in [2.05, 4.69) is 15.2 Å². The zero-order chi connectivity index (χ0) is 30.2. The maximum absolute atomic E-state index is 15.4. The number of carbonyl (C=O) groups excluding carboxylic acids is 1. The molecule has 0 atom stereocenters. The quantitative estimate of drug-likeness (QED) is 0.203. The van der Waals surface area contributed by atoms with Gasteiger partial charge < -0.3 is 4.74 Å². The predicted octanol–water partition coefficient (Wildman–Crippen LogP) is 7.20. The molecule has 6 aromatic rings. The van der Waals surface area contributed by atoms with Gasteiger partial charge in [0.1, 0.15) is 11.6 Å².